The number of nitrogens with two attached hydrogens (primary N) is 1. The predicted molar refractivity (Wildman–Crippen MR) is 126 cm³/mol. The summed E-state index contributed by atoms with van der Waals surface area (Å²) >= 11 is 0. The van der Waals surface area contributed by atoms with Crippen LogP contribution in [0.4, 0.5) is 20.7 Å². The smallest absolute Gasteiger partial charge is 0.414 e. The van der Waals surface area contributed by atoms with Crippen molar-refractivity contribution in [3.05, 3.63) is 42.3 Å². The second-order valence-electron chi connectivity index (χ2n) is 8.58. The molecule has 2 aliphatic heterocycles. The van der Waals surface area contributed by atoms with Gasteiger partial charge in [0, 0.05) is 43.1 Å². The van der Waals surface area contributed by atoms with E-state index in [-0.39, 0.29) is 56.0 Å². The van der Waals surface area contributed by atoms with Gasteiger partial charge in [-0.05, 0) is 30.3 Å². The second-order valence-corrected chi connectivity index (χ2v) is 8.58. The van der Waals surface area contributed by atoms with Gasteiger partial charge in [-0.1, -0.05) is 0 Å². The van der Waals surface area contributed by atoms with E-state index in [9.17, 15) is 23.6 Å². The lowest BCUT2D eigenvalue weighted by molar-refractivity contribution is -0.143. The third-order valence-corrected chi connectivity index (χ3v) is 5.90. The number of esters is 1. The van der Waals surface area contributed by atoms with Gasteiger partial charge in [0.05, 0.1) is 31.9 Å². The molecule has 0 aliphatic carbocycles. The van der Waals surface area contributed by atoms with Crippen molar-refractivity contribution in [1.29, 1.82) is 0 Å². The quantitative estimate of drug-likeness (QED) is 0.516. The van der Waals surface area contributed by atoms with Crippen molar-refractivity contribution >= 4 is 35.4 Å². The minimum atomic E-state index is -0.616. The Labute approximate surface area is 206 Å². The first-order valence-electron chi connectivity index (χ1n) is 11.4. The Hall–Kier alpha value is -4.06. The van der Waals surface area contributed by atoms with Crippen LogP contribution in [0.15, 0.2) is 36.5 Å². The number of ether oxygens (including phenoxy) is 2. The third kappa shape index (κ3) is 5.60. The molecule has 1 unspecified atom stereocenters. The summed E-state index contributed by atoms with van der Waals surface area (Å²) < 4.78 is 25.2. The SMILES string of the molecule is CC(=O)NC[C@H]1CN(c2ccc(-c3ccc(N4CC(COC(=O)CN)CC4=O)nc3)c(F)c2)C(=O)O1. The maximum absolute atomic E-state index is 15.0. The van der Waals surface area contributed by atoms with Crippen molar-refractivity contribution in [2.45, 2.75) is 19.4 Å². The first kappa shape index (κ1) is 25.0. The van der Waals surface area contributed by atoms with Gasteiger partial charge in [0.1, 0.15) is 17.7 Å². The maximum Gasteiger partial charge on any atom is 0.414 e. The Morgan fingerprint density at radius 2 is 2.03 bits per heavy atom. The molecule has 1 aromatic heterocycles. The van der Waals surface area contributed by atoms with E-state index in [0.29, 0.717) is 23.6 Å². The van der Waals surface area contributed by atoms with E-state index < -0.39 is 24.0 Å². The molecule has 0 bridgehead atoms. The number of pyridine rings is 1. The number of hydrogen-bond acceptors (Lipinski definition) is 8. The summed E-state index contributed by atoms with van der Waals surface area (Å²) in [5, 5.41) is 2.59. The maximum atomic E-state index is 15.0. The zero-order valence-electron chi connectivity index (χ0n) is 19.6. The number of aromatic nitrogens is 1. The number of anilines is 2. The highest BCUT2D eigenvalue weighted by molar-refractivity contribution is 5.95. The number of nitrogens with one attached hydrogen (secondary N) is 1. The molecule has 2 aromatic rings. The Kier molecular flexibility index (Phi) is 7.44. The normalized spacial score (nSPS) is 19.4. The summed E-state index contributed by atoms with van der Waals surface area (Å²) in [6.07, 6.45) is 0.550. The Morgan fingerprint density at radius 3 is 2.69 bits per heavy atom. The molecule has 4 rings (SSSR count). The Balaban J connectivity index is 1.41. The van der Waals surface area contributed by atoms with Gasteiger partial charge < -0.3 is 20.5 Å². The average molecular weight is 499 g/mol. The summed E-state index contributed by atoms with van der Waals surface area (Å²) in [6, 6.07) is 7.66. The molecule has 3 N–H and O–H groups in total. The number of nitrogens with zero attached hydrogens (tertiary/aromatic N) is 3. The molecule has 1 aromatic carbocycles. The van der Waals surface area contributed by atoms with Crippen LogP contribution < -0.4 is 20.9 Å². The summed E-state index contributed by atoms with van der Waals surface area (Å²) in [5.74, 6) is -1.20. The van der Waals surface area contributed by atoms with E-state index in [1.54, 1.807) is 24.3 Å². The molecule has 2 atom stereocenters. The molecule has 2 aliphatic rings. The standard InChI is InChI=1S/C24H26FN5O6/c1-14(31)27-10-18-12-29(24(34)36-18)17-3-4-19(20(25)7-17)16-2-5-21(28-9-16)30-11-15(6-22(30)32)13-35-23(33)8-26/h2-5,7,9,15,18H,6,8,10-13,26H2,1H3,(H,27,31)/t15?,18-/m0/s1. The molecule has 0 spiro atoms. The molecular weight excluding hydrogens is 473 g/mol. The molecular formula is C24H26FN5O6. The first-order valence-corrected chi connectivity index (χ1v) is 11.4. The highest BCUT2D eigenvalue weighted by Crippen LogP contribution is 2.30. The molecule has 11 nitrogen and oxygen atoms in total. The van der Waals surface area contributed by atoms with Crippen LogP contribution >= 0.6 is 0 Å². The molecule has 3 heterocycles. The molecule has 2 fully saturated rings. The zero-order chi connectivity index (χ0) is 25.8. The first-order chi connectivity index (χ1) is 17.2. The van der Waals surface area contributed by atoms with Gasteiger partial charge in [0.15, 0.2) is 0 Å². The van der Waals surface area contributed by atoms with E-state index in [4.69, 9.17) is 15.2 Å². The van der Waals surface area contributed by atoms with Crippen LogP contribution in [0, 0.1) is 11.7 Å². The minimum Gasteiger partial charge on any atom is -0.464 e. The van der Waals surface area contributed by atoms with Crippen molar-refractivity contribution in [2.75, 3.05) is 42.6 Å². The van der Waals surface area contributed by atoms with Crippen LogP contribution in [0.25, 0.3) is 11.1 Å². The van der Waals surface area contributed by atoms with E-state index in [1.165, 1.54) is 29.0 Å². The molecule has 36 heavy (non-hydrogen) atoms. The van der Waals surface area contributed by atoms with Gasteiger partial charge >= 0.3 is 12.1 Å². The Bertz CT molecular complexity index is 1170. The fourth-order valence-electron chi connectivity index (χ4n) is 4.09. The van der Waals surface area contributed by atoms with Gasteiger partial charge in [-0.25, -0.2) is 14.2 Å². The Morgan fingerprint density at radius 1 is 1.22 bits per heavy atom. The van der Waals surface area contributed by atoms with Crippen LogP contribution in [0.5, 0.6) is 0 Å². The highest BCUT2D eigenvalue weighted by Gasteiger charge is 2.33. The largest absolute Gasteiger partial charge is 0.464 e. The number of rotatable bonds is 8. The van der Waals surface area contributed by atoms with E-state index >= 15 is 0 Å². The number of amides is 3. The topological polar surface area (TPSA) is 144 Å². The number of benzene rings is 1. The number of halogens is 1. The van der Waals surface area contributed by atoms with Crippen LogP contribution in [-0.4, -0.2) is 67.8 Å². The van der Waals surface area contributed by atoms with Gasteiger partial charge in [0.2, 0.25) is 11.8 Å². The van der Waals surface area contributed by atoms with Crippen LogP contribution in [-0.2, 0) is 23.9 Å². The van der Waals surface area contributed by atoms with Crippen LogP contribution in [0.1, 0.15) is 13.3 Å². The fourth-order valence-corrected chi connectivity index (χ4v) is 4.09. The summed E-state index contributed by atoms with van der Waals surface area (Å²) in [4.78, 5) is 54.0. The van der Waals surface area contributed by atoms with Crippen molar-refractivity contribution in [3.8, 4) is 11.1 Å². The molecule has 190 valence electrons. The number of carbonyl (C=O) groups excluding carboxylic acids is 4. The minimum absolute atomic E-state index is 0.104. The van der Waals surface area contributed by atoms with Crippen LogP contribution in [0.3, 0.4) is 0 Å². The second kappa shape index (κ2) is 10.7. The lowest BCUT2D eigenvalue weighted by Crippen LogP contribution is -2.33. The van der Waals surface area contributed by atoms with Crippen LogP contribution in [0.2, 0.25) is 0 Å². The lowest BCUT2D eigenvalue weighted by atomic mass is 10.1. The molecule has 0 radical (unpaired) electrons. The van der Waals surface area contributed by atoms with Gasteiger partial charge in [-0.2, -0.15) is 0 Å². The van der Waals surface area contributed by atoms with E-state index in [2.05, 4.69) is 10.3 Å². The van der Waals surface area contributed by atoms with Crippen molar-refractivity contribution in [2.24, 2.45) is 11.7 Å². The average Bonchev–Trinajstić information content (AvgIpc) is 3.43. The lowest BCUT2D eigenvalue weighted by Gasteiger charge is -2.17. The van der Waals surface area contributed by atoms with Gasteiger partial charge in [0.25, 0.3) is 0 Å². The fraction of sp³-hybridized carbons (Fsp3) is 0.375. The van der Waals surface area contributed by atoms with Crippen molar-refractivity contribution in [1.82, 2.24) is 10.3 Å². The number of cyclic esters (lactones) is 1. The van der Waals surface area contributed by atoms with Crippen molar-refractivity contribution < 1.29 is 33.0 Å². The monoisotopic (exact) mass is 499 g/mol. The summed E-state index contributed by atoms with van der Waals surface area (Å²) in [7, 11) is 0. The summed E-state index contributed by atoms with van der Waals surface area (Å²) in [5.41, 5.74) is 6.33. The number of hydrogen-bond donors (Lipinski definition) is 2. The summed E-state index contributed by atoms with van der Waals surface area (Å²) in [6.45, 7) is 1.96. The van der Waals surface area contributed by atoms with Crippen molar-refractivity contribution in [3.63, 3.8) is 0 Å². The van der Waals surface area contributed by atoms with Gasteiger partial charge in [-0.15, -0.1) is 0 Å². The molecule has 2 saturated heterocycles. The van der Waals surface area contributed by atoms with Gasteiger partial charge in [-0.3, -0.25) is 24.2 Å². The zero-order valence-corrected chi connectivity index (χ0v) is 19.6. The third-order valence-electron chi connectivity index (χ3n) is 5.90. The van der Waals surface area contributed by atoms with E-state index in [0.717, 1.165) is 0 Å². The molecule has 3 amide bonds. The highest BCUT2D eigenvalue weighted by atomic mass is 19.1. The predicted octanol–water partition coefficient (Wildman–Crippen LogP) is 1.20. The number of carbonyl (C=O) groups is 4. The molecule has 12 heteroatoms. The molecule has 0 saturated carbocycles. The van der Waals surface area contributed by atoms with E-state index in [1.807, 2.05) is 0 Å².